The van der Waals surface area contributed by atoms with E-state index in [9.17, 15) is 4.79 Å². The van der Waals surface area contributed by atoms with Crippen LogP contribution < -0.4 is 9.64 Å². The zero-order valence-electron chi connectivity index (χ0n) is 17.2. The number of ether oxygens (including phenoxy) is 1. The predicted octanol–water partition coefficient (Wildman–Crippen LogP) is 3.12. The predicted molar refractivity (Wildman–Crippen MR) is 108 cm³/mol. The van der Waals surface area contributed by atoms with E-state index in [0.717, 1.165) is 30.7 Å². The molecule has 1 aromatic carbocycles. The van der Waals surface area contributed by atoms with Gasteiger partial charge < -0.3 is 19.1 Å². The van der Waals surface area contributed by atoms with Crippen molar-refractivity contribution >= 4 is 11.9 Å². The zero-order valence-corrected chi connectivity index (χ0v) is 17.2. The van der Waals surface area contributed by atoms with E-state index in [2.05, 4.69) is 24.0 Å². The van der Waals surface area contributed by atoms with Gasteiger partial charge in [-0.05, 0) is 41.6 Å². The van der Waals surface area contributed by atoms with Crippen LogP contribution in [0.3, 0.4) is 0 Å². The number of aromatic nitrogens is 2. The van der Waals surface area contributed by atoms with E-state index >= 15 is 0 Å². The molecular weight excluding hydrogens is 356 g/mol. The van der Waals surface area contributed by atoms with Crippen molar-refractivity contribution in [2.75, 3.05) is 38.7 Å². The molecule has 1 fully saturated rings. The van der Waals surface area contributed by atoms with Crippen molar-refractivity contribution in [3.8, 4) is 5.75 Å². The van der Waals surface area contributed by atoms with E-state index in [1.807, 2.05) is 48.2 Å². The average molecular weight is 386 g/mol. The number of carbonyl (C=O) groups excluding carboxylic acids is 1. The first-order valence-electron chi connectivity index (χ1n) is 9.93. The van der Waals surface area contributed by atoms with Crippen molar-refractivity contribution in [2.24, 2.45) is 5.92 Å². The molecular formula is C21H30N4O3. The number of amides is 1. The van der Waals surface area contributed by atoms with Crippen LogP contribution in [0, 0.1) is 5.92 Å². The van der Waals surface area contributed by atoms with Crippen LogP contribution in [0.5, 0.6) is 5.75 Å². The van der Waals surface area contributed by atoms with Gasteiger partial charge in [-0.1, -0.05) is 26.0 Å². The van der Waals surface area contributed by atoms with Crippen molar-refractivity contribution in [3.05, 3.63) is 35.7 Å². The van der Waals surface area contributed by atoms with Gasteiger partial charge in [-0.15, -0.1) is 0 Å². The molecule has 3 rings (SSSR count). The Kier molecular flexibility index (Phi) is 6.54. The molecule has 1 aromatic heterocycles. The van der Waals surface area contributed by atoms with E-state index in [4.69, 9.17) is 9.26 Å². The van der Waals surface area contributed by atoms with Gasteiger partial charge in [0.2, 0.25) is 11.8 Å². The number of benzene rings is 1. The molecule has 0 aliphatic carbocycles. The SMILES string of the molecule is CC(C)COc1ccc(CC(=O)N2CCCC(c3nc(N(C)C)no3)C2)cc1. The molecule has 7 nitrogen and oxygen atoms in total. The van der Waals surface area contributed by atoms with Crippen molar-refractivity contribution in [3.63, 3.8) is 0 Å². The summed E-state index contributed by atoms with van der Waals surface area (Å²) in [6.07, 6.45) is 2.29. The summed E-state index contributed by atoms with van der Waals surface area (Å²) in [5, 5.41) is 3.99. The first-order chi connectivity index (χ1) is 13.4. The minimum Gasteiger partial charge on any atom is -0.493 e. The first-order valence-corrected chi connectivity index (χ1v) is 9.93. The molecule has 1 amide bonds. The van der Waals surface area contributed by atoms with Crippen LogP contribution in [0.15, 0.2) is 28.8 Å². The van der Waals surface area contributed by atoms with Gasteiger partial charge in [0.05, 0.1) is 18.9 Å². The second kappa shape index (κ2) is 9.08. The first kappa shape index (κ1) is 20.2. The molecule has 1 unspecified atom stereocenters. The molecule has 0 N–H and O–H groups in total. The zero-order chi connectivity index (χ0) is 20.1. The number of nitrogens with zero attached hydrogens (tertiary/aromatic N) is 4. The average Bonchev–Trinajstić information content (AvgIpc) is 3.18. The third-order valence-corrected chi connectivity index (χ3v) is 4.82. The Morgan fingerprint density at radius 3 is 2.71 bits per heavy atom. The molecule has 1 atom stereocenters. The van der Waals surface area contributed by atoms with Crippen LogP contribution in [-0.4, -0.2) is 54.7 Å². The number of anilines is 1. The van der Waals surface area contributed by atoms with Crippen LogP contribution in [0.2, 0.25) is 0 Å². The van der Waals surface area contributed by atoms with Crippen LogP contribution in [0.1, 0.15) is 44.1 Å². The molecule has 2 aromatic rings. The maximum Gasteiger partial charge on any atom is 0.265 e. The van der Waals surface area contributed by atoms with Crippen LogP contribution in [0.25, 0.3) is 0 Å². The lowest BCUT2D eigenvalue weighted by Crippen LogP contribution is -2.40. The topological polar surface area (TPSA) is 71.7 Å². The van der Waals surface area contributed by atoms with Crippen LogP contribution in [-0.2, 0) is 11.2 Å². The summed E-state index contributed by atoms with van der Waals surface area (Å²) >= 11 is 0. The fourth-order valence-corrected chi connectivity index (χ4v) is 3.23. The van der Waals surface area contributed by atoms with Crippen molar-refractivity contribution in [2.45, 2.75) is 39.0 Å². The molecule has 1 aliphatic rings. The highest BCUT2D eigenvalue weighted by atomic mass is 16.5. The second-order valence-corrected chi connectivity index (χ2v) is 8.03. The van der Waals surface area contributed by atoms with E-state index < -0.39 is 0 Å². The summed E-state index contributed by atoms with van der Waals surface area (Å²) in [7, 11) is 3.76. The van der Waals surface area contributed by atoms with Gasteiger partial charge in [-0.25, -0.2) is 0 Å². The molecule has 28 heavy (non-hydrogen) atoms. The summed E-state index contributed by atoms with van der Waals surface area (Å²) < 4.78 is 11.1. The summed E-state index contributed by atoms with van der Waals surface area (Å²) in [4.78, 5) is 21.0. The Morgan fingerprint density at radius 2 is 2.07 bits per heavy atom. The summed E-state index contributed by atoms with van der Waals surface area (Å²) in [5.41, 5.74) is 0.997. The van der Waals surface area contributed by atoms with Gasteiger partial charge in [0.15, 0.2) is 0 Å². The largest absolute Gasteiger partial charge is 0.493 e. The molecule has 7 heteroatoms. The standard InChI is InChI=1S/C21H30N4O3/c1-15(2)14-27-18-9-7-16(8-10-18)12-19(26)25-11-5-6-17(13-25)20-22-21(23-28-20)24(3)4/h7-10,15,17H,5-6,11-14H2,1-4H3. The van der Waals surface area contributed by atoms with Crippen molar-refractivity contribution in [1.29, 1.82) is 0 Å². The molecule has 2 heterocycles. The molecule has 0 spiro atoms. The van der Waals surface area contributed by atoms with E-state index in [-0.39, 0.29) is 11.8 Å². The quantitative estimate of drug-likeness (QED) is 0.728. The molecule has 0 radical (unpaired) electrons. The Bertz CT molecular complexity index is 770. The minimum atomic E-state index is 0.103. The van der Waals surface area contributed by atoms with Gasteiger partial charge >= 0.3 is 0 Å². The third-order valence-electron chi connectivity index (χ3n) is 4.82. The minimum absolute atomic E-state index is 0.103. The highest BCUT2D eigenvalue weighted by Gasteiger charge is 2.28. The highest BCUT2D eigenvalue weighted by Crippen LogP contribution is 2.27. The molecule has 152 valence electrons. The van der Waals surface area contributed by atoms with Crippen molar-refractivity contribution in [1.82, 2.24) is 15.0 Å². The lowest BCUT2D eigenvalue weighted by molar-refractivity contribution is -0.131. The Balaban J connectivity index is 1.56. The highest BCUT2D eigenvalue weighted by molar-refractivity contribution is 5.79. The fraction of sp³-hybridized carbons (Fsp3) is 0.571. The van der Waals surface area contributed by atoms with Gasteiger partial charge in [0.1, 0.15) is 5.75 Å². The number of piperidine rings is 1. The Labute approximate surface area is 166 Å². The van der Waals surface area contributed by atoms with Gasteiger partial charge in [-0.3, -0.25) is 4.79 Å². The molecule has 1 saturated heterocycles. The second-order valence-electron chi connectivity index (χ2n) is 8.03. The van der Waals surface area contributed by atoms with E-state index in [0.29, 0.717) is 37.3 Å². The monoisotopic (exact) mass is 386 g/mol. The van der Waals surface area contributed by atoms with Crippen molar-refractivity contribution < 1.29 is 14.1 Å². The van der Waals surface area contributed by atoms with Gasteiger partial charge in [-0.2, -0.15) is 4.98 Å². The van der Waals surface area contributed by atoms with Gasteiger partial charge in [0.25, 0.3) is 5.95 Å². The third kappa shape index (κ3) is 5.24. The number of hydrogen-bond donors (Lipinski definition) is 0. The smallest absolute Gasteiger partial charge is 0.265 e. The maximum absolute atomic E-state index is 12.8. The number of hydrogen-bond acceptors (Lipinski definition) is 6. The normalized spacial score (nSPS) is 17.0. The fourth-order valence-electron chi connectivity index (χ4n) is 3.23. The van der Waals surface area contributed by atoms with Gasteiger partial charge in [0, 0.05) is 27.2 Å². The van der Waals surface area contributed by atoms with Crippen LogP contribution >= 0.6 is 0 Å². The lowest BCUT2D eigenvalue weighted by atomic mass is 9.97. The summed E-state index contributed by atoms with van der Waals surface area (Å²) in [6.45, 7) is 6.34. The van der Waals surface area contributed by atoms with E-state index in [1.54, 1.807) is 0 Å². The lowest BCUT2D eigenvalue weighted by Gasteiger charge is -2.31. The Morgan fingerprint density at radius 1 is 1.32 bits per heavy atom. The summed E-state index contributed by atoms with van der Waals surface area (Å²) in [6, 6.07) is 7.81. The number of rotatable bonds is 7. The molecule has 0 bridgehead atoms. The van der Waals surface area contributed by atoms with E-state index in [1.165, 1.54) is 0 Å². The summed E-state index contributed by atoms with van der Waals surface area (Å²) in [5.74, 6) is 2.75. The number of carbonyl (C=O) groups is 1. The molecule has 0 saturated carbocycles. The molecule has 1 aliphatic heterocycles. The number of likely N-dealkylation sites (tertiary alicyclic amines) is 1. The maximum atomic E-state index is 12.8. The van der Waals surface area contributed by atoms with Crippen LogP contribution in [0.4, 0.5) is 5.95 Å². The Hall–Kier alpha value is -2.57.